The molecular formula is C15H14F2N2O2. The van der Waals surface area contributed by atoms with Crippen LogP contribution >= 0.6 is 0 Å². The van der Waals surface area contributed by atoms with Gasteiger partial charge in [0.1, 0.15) is 11.7 Å². The number of hydrogen-bond donors (Lipinski definition) is 1. The highest BCUT2D eigenvalue weighted by atomic mass is 19.2. The van der Waals surface area contributed by atoms with Gasteiger partial charge in [-0.05, 0) is 32.9 Å². The molecule has 1 aromatic rings. The maximum atomic E-state index is 13.1. The van der Waals surface area contributed by atoms with Gasteiger partial charge in [-0.1, -0.05) is 11.8 Å². The molecule has 1 aromatic carbocycles. The zero-order valence-corrected chi connectivity index (χ0v) is 11.9. The lowest BCUT2D eigenvalue weighted by molar-refractivity contribution is 0.0535. The van der Waals surface area contributed by atoms with Gasteiger partial charge in [-0.25, -0.2) is 13.6 Å². The van der Waals surface area contributed by atoms with Crippen LogP contribution in [0, 0.1) is 34.8 Å². The van der Waals surface area contributed by atoms with E-state index in [0.717, 1.165) is 12.1 Å². The van der Waals surface area contributed by atoms with Gasteiger partial charge in [-0.15, -0.1) is 0 Å². The van der Waals surface area contributed by atoms with E-state index in [4.69, 9.17) is 10.00 Å². The van der Waals surface area contributed by atoms with Gasteiger partial charge in [-0.3, -0.25) is 0 Å². The molecule has 0 spiro atoms. The number of halogens is 2. The summed E-state index contributed by atoms with van der Waals surface area (Å²) in [5.74, 6) is 2.85. The minimum absolute atomic E-state index is 0.0429. The Kier molecular flexibility index (Phi) is 5.26. The SMILES string of the molecule is CC(C)(C)OC(=O)NCC#Cc1cc(F)c(F)cc1C#N. The Hall–Kier alpha value is -2.60. The first-order chi connectivity index (χ1) is 9.73. The van der Waals surface area contributed by atoms with E-state index in [1.165, 1.54) is 0 Å². The van der Waals surface area contributed by atoms with Crippen LogP contribution < -0.4 is 5.32 Å². The number of rotatable bonds is 1. The van der Waals surface area contributed by atoms with Gasteiger partial charge in [0.2, 0.25) is 0 Å². The topological polar surface area (TPSA) is 62.1 Å². The minimum Gasteiger partial charge on any atom is -0.444 e. The maximum absolute atomic E-state index is 13.1. The van der Waals surface area contributed by atoms with Crippen LogP contribution in [-0.4, -0.2) is 18.2 Å². The van der Waals surface area contributed by atoms with E-state index >= 15 is 0 Å². The van der Waals surface area contributed by atoms with Crippen molar-refractivity contribution in [1.29, 1.82) is 5.26 Å². The van der Waals surface area contributed by atoms with Crippen LogP contribution in [0.4, 0.5) is 13.6 Å². The molecule has 0 aliphatic rings. The summed E-state index contributed by atoms with van der Waals surface area (Å²) in [6.45, 7) is 5.12. The second-order valence-corrected chi connectivity index (χ2v) is 5.08. The lowest BCUT2D eigenvalue weighted by atomic mass is 10.1. The monoisotopic (exact) mass is 292 g/mol. The normalized spacial score (nSPS) is 10.1. The predicted molar refractivity (Wildman–Crippen MR) is 72.2 cm³/mol. The van der Waals surface area contributed by atoms with Crippen LogP contribution in [0.25, 0.3) is 0 Å². The number of carbonyl (C=O) groups excluding carboxylic acids is 1. The Balaban J connectivity index is 2.70. The van der Waals surface area contributed by atoms with Gasteiger partial charge in [0.25, 0.3) is 0 Å². The Morgan fingerprint density at radius 1 is 1.29 bits per heavy atom. The molecule has 0 saturated carbocycles. The molecule has 0 atom stereocenters. The molecule has 0 aliphatic heterocycles. The minimum atomic E-state index is -1.11. The molecule has 0 fully saturated rings. The van der Waals surface area contributed by atoms with Crippen molar-refractivity contribution in [2.75, 3.05) is 6.54 Å². The van der Waals surface area contributed by atoms with Crippen molar-refractivity contribution in [2.45, 2.75) is 26.4 Å². The van der Waals surface area contributed by atoms with Crippen molar-refractivity contribution >= 4 is 6.09 Å². The highest BCUT2D eigenvalue weighted by molar-refractivity contribution is 5.68. The molecule has 0 bridgehead atoms. The van der Waals surface area contributed by atoms with E-state index in [1.807, 2.05) is 0 Å². The molecular weight excluding hydrogens is 278 g/mol. The number of amides is 1. The smallest absolute Gasteiger partial charge is 0.408 e. The molecule has 0 heterocycles. The number of hydrogen-bond acceptors (Lipinski definition) is 3. The third kappa shape index (κ3) is 5.50. The fourth-order valence-electron chi connectivity index (χ4n) is 1.31. The average Bonchev–Trinajstić information content (AvgIpc) is 2.36. The van der Waals surface area contributed by atoms with Crippen molar-refractivity contribution in [3.8, 4) is 17.9 Å². The number of nitriles is 1. The second kappa shape index (κ2) is 6.71. The van der Waals surface area contributed by atoms with Crippen molar-refractivity contribution in [3.05, 3.63) is 34.9 Å². The van der Waals surface area contributed by atoms with E-state index in [2.05, 4.69) is 17.2 Å². The van der Waals surface area contributed by atoms with Crippen molar-refractivity contribution in [2.24, 2.45) is 0 Å². The third-order valence-electron chi connectivity index (χ3n) is 2.12. The van der Waals surface area contributed by atoms with E-state index in [1.54, 1.807) is 26.8 Å². The Morgan fingerprint density at radius 3 is 2.38 bits per heavy atom. The number of ether oxygens (including phenoxy) is 1. The van der Waals surface area contributed by atoms with Crippen LogP contribution in [0.5, 0.6) is 0 Å². The third-order valence-corrected chi connectivity index (χ3v) is 2.12. The fraction of sp³-hybridized carbons (Fsp3) is 0.333. The quantitative estimate of drug-likeness (QED) is 0.809. The summed E-state index contributed by atoms with van der Waals surface area (Å²) >= 11 is 0. The van der Waals surface area contributed by atoms with Crippen molar-refractivity contribution < 1.29 is 18.3 Å². The molecule has 0 aliphatic carbocycles. The zero-order chi connectivity index (χ0) is 16.0. The van der Waals surface area contributed by atoms with Gasteiger partial charge < -0.3 is 10.1 Å². The van der Waals surface area contributed by atoms with E-state index in [-0.39, 0.29) is 17.7 Å². The van der Waals surface area contributed by atoms with Crippen LogP contribution in [0.3, 0.4) is 0 Å². The molecule has 0 aromatic heterocycles. The highest BCUT2D eigenvalue weighted by Crippen LogP contribution is 2.13. The van der Waals surface area contributed by atoms with Crippen LogP contribution in [0.15, 0.2) is 12.1 Å². The average molecular weight is 292 g/mol. The zero-order valence-electron chi connectivity index (χ0n) is 11.9. The van der Waals surface area contributed by atoms with Crippen LogP contribution in [-0.2, 0) is 4.74 Å². The largest absolute Gasteiger partial charge is 0.444 e. The number of benzene rings is 1. The lowest BCUT2D eigenvalue weighted by Gasteiger charge is -2.19. The standard InChI is InChI=1S/C15H14F2N2O2/c1-15(2,3)21-14(20)19-6-4-5-10-7-12(16)13(17)8-11(10)9-18/h7-8H,6H2,1-3H3,(H,19,20). The molecule has 0 saturated heterocycles. The lowest BCUT2D eigenvalue weighted by Crippen LogP contribution is -2.32. The molecule has 0 radical (unpaired) electrons. The summed E-state index contributed by atoms with van der Waals surface area (Å²) in [7, 11) is 0. The Labute approximate surface area is 121 Å². The van der Waals surface area contributed by atoms with Gasteiger partial charge in [0.05, 0.1) is 12.1 Å². The number of carbonyl (C=O) groups is 1. The molecule has 1 rings (SSSR count). The van der Waals surface area contributed by atoms with Crippen LogP contribution in [0.2, 0.25) is 0 Å². The van der Waals surface area contributed by atoms with Gasteiger partial charge in [-0.2, -0.15) is 5.26 Å². The summed E-state index contributed by atoms with van der Waals surface area (Å²) in [4.78, 5) is 11.3. The van der Waals surface area contributed by atoms with Gasteiger partial charge in [0, 0.05) is 5.56 Å². The molecule has 1 amide bonds. The number of nitrogens with one attached hydrogen (secondary N) is 1. The van der Waals surface area contributed by atoms with Gasteiger partial charge in [0.15, 0.2) is 11.6 Å². The summed E-state index contributed by atoms with van der Waals surface area (Å²) in [6.07, 6.45) is -0.636. The molecule has 4 nitrogen and oxygen atoms in total. The first-order valence-electron chi connectivity index (χ1n) is 6.08. The Morgan fingerprint density at radius 2 is 1.86 bits per heavy atom. The van der Waals surface area contributed by atoms with Crippen LogP contribution in [0.1, 0.15) is 31.9 Å². The summed E-state index contributed by atoms with van der Waals surface area (Å²) in [5.41, 5.74) is -0.632. The first-order valence-corrected chi connectivity index (χ1v) is 6.08. The number of nitrogens with zero attached hydrogens (tertiary/aromatic N) is 1. The summed E-state index contributed by atoms with van der Waals surface area (Å²) < 4.78 is 31.0. The Bertz CT molecular complexity index is 647. The molecule has 1 N–H and O–H groups in total. The summed E-state index contributed by atoms with van der Waals surface area (Å²) in [5, 5.41) is 11.2. The van der Waals surface area contributed by atoms with E-state index < -0.39 is 23.3 Å². The summed E-state index contributed by atoms with van der Waals surface area (Å²) in [6, 6.07) is 3.34. The molecule has 110 valence electrons. The van der Waals surface area contributed by atoms with E-state index in [9.17, 15) is 13.6 Å². The highest BCUT2D eigenvalue weighted by Gasteiger charge is 2.15. The fourth-order valence-corrected chi connectivity index (χ4v) is 1.31. The molecule has 21 heavy (non-hydrogen) atoms. The first kappa shape index (κ1) is 16.5. The molecule has 0 unspecified atom stereocenters. The predicted octanol–water partition coefficient (Wildman–Crippen LogP) is 2.71. The second-order valence-electron chi connectivity index (χ2n) is 5.08. The van der Waals surface area contributed by atoms with E-state index in [0.29, 0.717) is 0 Å². The maximum Gasteiger partial charge on any atom is 0.408 e. The van der Waals surface area contributed by atoms with Gasteiger partial charge >= 0.3 is 6.09 Å². The van der Waals surface area contributed by atoms with Crippen molar-refractivity contribution in [3.63, 3.8) is 0 Å². The number of alkyl carbamates (subject to hydrolysis) is 1. The van der Waals surface area contributed by atoms with Crippen molar-refractivity contribution in [1.82, 2.24) is 5.32 Å². The molecule has 6 heteroatoms.